The Hall–Kier alpha value is -1.07. The van der Waals surface area contributed by atoms with Crippen molar-refractivity contribution in [3.05, 3.63) is 34.4 Å². The molecule has 0 saturated heterocycles. The lowest BCUT2D eigenvalue weighted by Crippen LogP contribution is -2.21. The standard InChI is InChI=1S/C13H20N2O2S/c1-11(2)10-14-8-5-9-18-13-7-4-3-6-12(13)15(16)17/h3-4,6-7,11,14H,5,8-10H2,1-2H3. The maximum Gasteiger partial charge on any atom is 0.282 e. The minimum Gasteiger partial charge on any atom is -0.316 e. The summed E-state index contributed by atoms with van der Waals surface area (Å²) in [5, 5.41) is 14.2. The van der Waals surface area contributed by atoms with E-state index in [1.165, 1.54) is 0 Å². The summed E-state index contributed by atoms with van der Waals surface area (Å²) < 4.78 is 0. The van der Waals surface area contributed by atoms with Gasteiger partial charge in [0.1, 0.15) is 0 Å². The number of para-hydroxylation sites is 1. The van der Waals surface area contributed by atoms with E-state index in [-0.39, 0.29) is 10.6 Å². The summed E-state index contributed by atoms with van der Waals surface area (Å²) in [5.74, 6) is 1.56. The highest BCUT2D eigenvalue weighted by Gasteiger charge is 2.11. The molecule has 0 amide bonds. The van der Waals surface area contributed by atoms with E-state index in [1.807, 2.05) is 12.1 Å². The Bertz CT molecular complexity index is 383. The predicted octanol–water partition coefficient (Wildman–Crippen LogP) is 3.32. The third kappa shape index (κ3) is 5.51. The number of rotatable bonds is 8. The van der Waals surface area contributed by atoms with Gasteiger partial charge < -0.3 is 5.32 Å². The second-order valence-corrected chi connectivity index (χ2v) is 5.66. The van der Waals surface area contributed by atoms with Crippen molar-refractivity contribution >= 4 is 17.4 Å². The molecule has 0 fully saturated rings. The molecule has 0 aliphatic heterocycles. The molecule has 0 unspecified atom stereocenters. The van der Waals surface area contributed by atoms with Gasteiger partial charge in [0.2, 0.25) is 0 Å². The lowest BCUT2D eigenvalue weighted by molar-refractivity contribution is -0.387. The zero-order valence-electron chi connectivity index (χ0n) is 10.9. The third-order valence-electron chi connectivity index (χ3n) is 2.37. The maximum absolute atomic E-state index is 10.8. The minimum atomic E-state index is -0.320. The van der Waals surface area contributed by atoms with Crippen molar-refractivity contribution in [2.24, 2.45) is 5.92 Å². The van der Waals surface area contributed by atoms with Crippen molar-refractivity contribution in [2.45, 2.75) is 25.2 Å². The Morgan fingerprint density at radius 1 is 1.39 bits per heavy atom. The first kappa shape index (κ1) is 15.0. The van der Waals surface area contributed by atoms with Gasteiger partial charge in [-0.05, 0) is 37.2 Å². The van der Waals surface area contributed by atoms with Gasteiger partial charge in [-0.3, -0.25) is 10.1 Å². The van der Waals surface area contributed by atoms with Crippen LogP contribution in [-0.4, -0.2) is 23.8 Å². The summed E-state index contributed by atoms with van der Waals surface area (Å²) in [4.78, 5) is 11.2. The quantitative estimate of drug-likeness (QED) is 0.340. The monoisotopic (exact) mass is 268 g/mol. The van der Waals surface area contributed by atoms with Gasteiger partial charge >= 0.3 is 0 Å². The molecule has 1 aromatic carbocycles. The van der Waals surface area contributed by atoms with Crippen LogP contribution in [0.4, 0.5) is 5.69 Å². The fourth-order valence-corrected chi connectivity index (χ4v) is 2.47. The largest absolute Gasteiger partial charge is 0.316 e. The average Bonchev–Trinajstić information content (AvgIpc) is 2.33. The van der Waals surface area contributed by atoms with Crippen LogP contribution in [0, 0.1) is 16.0 Å². The van der Waals surface area contributed by atoms with Crippen LogP contribution in [0.25, 0.3) is 0 Å². The lowest BCUT2D eigenvalue weighted by atomic mass is 10.2. The normalized spacial score (nSPS) is 10.8. The summed E-state index contributed by atoms with van der Waals surface area (Å²) in [6.45, 7) is 6.34. The Labute approximate surface area is 112 Å². The Morgan fingerprint density at radius 3 is 2.78 bits per heavy atom. The lowest BCUT2D eigenvalue weighted by Gasteiger charge is -2.07. The molecule has 0 radical (unpaired) electrons. The van der Waals surface area contributed by atoms with Gasteiger partial charge in [-0.2, -0.15) is 0 Å². The molecule has 0 spiro atoms. The van der Waals surface area contributed by atoms with Crippen molar-refractivity contribution < 1.29 is 4.92 Å². The highest BCUT2D eigenvalue weighted by Crippen LogP contribution is 2.28. The maximum atomic E-state index is 10.8. The number of hydrogen-bond acceptors (Lipinski definition) is 4. The molecule has 0 aliphatic carbocycles. The molecule has 18 heavy (non-hydrogen) atoms. The van der Waals surface area contributed by atoms with E-state index in [4.69, 9.17) is 0 Å². The Morgan fingerprint density at radius 2 is 2.11 bits per heavy atom. The van der Waals surface area contributed by atoms with Crippen molar-refractivity contribution in [1.82, 2.24) is 5.32 Å². The fourth-order valence-electron chi connectivity index (χ4n) is 1.50. The van der Waals surface area contributed by atoms with E-state index < -0.39 is 0 Å². The van der Waals surface area contributed by atoms with Crippen molar-refractivity contribution in [2.75, 3.05) is 18.8 Å². The smallest absolute Gasteiger partial charge is 0.282 e. The molecule has 0 atom stereocenters. The summed E-state index contributed by atoms with van der Waals surface area (Å²) in [5.41, 5.74) is 0.206. The van der Waals surface area contributed by atoms with Gasteiger partial charge in [-0.1, -0.05) is 26.0 Å². The molecule has 0 aliphatic rings. The van der Waals surface area contributed by atoms with E-state index in [2.05, 4.69) is 19.2 Å². The van der Waals surface area contributed by atoms with Gasteiger partial charge in [-0.15, -0.1) is 11.8 Å². The van der Waals surface area contributed by atoms with Gasteiger partial charge in [0.25, 0.3) is 5.69 Å². The number of hydrogen-bond donors (Lipinski definition) is 1. The number of thioether (sulfide) groups is 1. The van der Waals surface area contributed by atoms with Gasteiger partial charge in [0, 0.05) is 6.07 Å². The number of benzene rings is 1. The molecule has 0 heterocycles. The molecular weight excluding hydrogens is 248 g/mol. The average molecular weight is 268 g/mol. The molecular formula is C13H20N2O2S. The van der Waals surface area contributed by atoms with Crippen LogP contribution >= 0.6 is 11.8 Å². The Kier molecular flexibility index (Phi) is 6.75. The second kappa shape index (κ2) is 8.11. The highest BCUT2D eigenvalue weighted by atomic mass is 32.2. The van der Waals surface area contributed by atoms with Gasteiger partial charge in [0.05, 0.1) is 9.82 Å². The predicted molar refractivity (Wildman–Crippen MR) is 76.1 cm³/mol. The number of nitrogens with zero attached hydrogens (tertiary/aromatic N) is 1. The summed E-state index contributed by atoms with van der Waals surface area (Å²) in [6.07, 6.45) is 1.02. The van der Waals surface area contributed by atoms with E-state index in [1.54, 1.807) is 23.9 Å². The van der Waals surface area contributed by atoms with Crippen LogP contribution in [0.2, 0.25) is 0 Å². The van der Waals surface area contributed by atoms with Crippen LogP contribution in [0.1, 0.15) is 20.3 Å². The van der Waals surface area contributed by atoms with Crippen molar-refractivity contribution in [3.63, 3.8) is 0 Å². The summed E-state index contributed by atoms with van der Waals surface area (Å²) in [7, 11) is 0. The molecule has 100 valence electrons. The zero-order valence-corrected chi connectivity index (χ0v) is 11.7. The number of nitro groups is 1. The molecule has 4 nitrogen and oxygen atoms in total. The summed E-state index contributed by atoms with van der Waals surface area (Å²) >= 11 is 1.55. The Balaban J connectivity index is 2.29. The van der Waals surface area contributed by atoms with E-state index in [0.717, 1.165) is 30.2 Å². The van der Waals surface area contributed by atoms with Crippen molar-refractivity contribution in [3.8, 4) is 0 Å². The van der Waals surface area contributed by atoms with E-state index in [0.29, 0.717) is 5.92 Å². The van der Waals surface area contributed by atoms with Gasteiger partial charge in [0.15, 0.2) is 0 Å². The second-order valence-electron chi connectivity index (χ2n) is 4.52. The molecule has 0 bridgehead atoms. The minimum absolute atomic E-state index is 0.206. The fraction of sp³-hybridized carbons (Fsp3) is 0.538. The molecule has 0 saturated carbocycles. The van der Waals surface area contributed by atoms with E-state index in [9.17, 15) is 10.1 Å². The van der Waals surface area contributed by atoms with Crippen LogP contribution < -0.4 is 5.32 Å². The molecule has 0 aromatic heterocycles. The van der Waals surface area contributed by atoms with Crippen molar-refractivity contribution in [1.29, 1.82) is 0 Å². The first-order chi connectivity index (χ1) is 8.61. The molecule has 1 aromatic rings. The molecule has 1 rings (SSSR count). The highest BCUT2D eigenvalue weighted by molar-refractivity contribution is 7.99. The molecule has 5 heteroatoms. The number of nitro benzene ring substituents is 1. The van der Waals surface area contributed by atoms with Crippen LogP contribution in [0.3, 0.4) is 0 Å². The van der Waals surface area contributed by atoms with E-state index >= 15 is 0 Å². The molecule has 1 N–H and O–H groups in total. The van der Waals surface area contributed by atoms with Crippen LogP contribution in [0.15, 0.2) is 29.2 Å². The topological polar surface area (TPSA) is 55.2 Å². The summed E-state index contributed by atoms with van der Waals surface area (Å²) in [6, 6.07) is 6.91. The SMILES string of the molecule is CC(C)CNCCCSc1ccccc1[N+](=O)[O-]. The van der Waals surface area contributed by atoms with Gasteiger partial charge in [-0.25, -0.2) is 0 Å². The third-order valence-corrected chi connectivity index (χ3v) is 3.52. The first-order valence-corrected chi connectivity index (χ1v) is 7.16. The zero-order chi connectivity index (χ0) is 13.4. The van der Waals surface area contributed by atoms with Crippen LogP contribution in [0.5, 0.6) is 0 Å². The number of nitrogens with one attached hydrogen (secondary N) is 1. The first-order valence-electron chi connectivity index (χ1n) is 6.18. The van der Waals surface area contributed by atoms with Crippen LogP contribution in [-0.2, 0) is 0 Å².